The molecule has 0 bridgehead atoms. The number of aromatic nitrogens is 1. The van der Waals surface area contributed by atoms with E-state index in [1.807, 2.05) is 0 Å². The number of halogens is 2. The van der Waals surface area contributed by atoms with Crippen molar-refractivity contribution < 1.29 is 18.7 Å². The molecule has 7 nitrogen and oxygen atoms in total. The third kappa shape index (κ3) is 3.32. The van der Waals surface area contributed by atoms with Gasteiger partial charge in [0.25, 0.3) is 5.91 Å². The monoisotopic (exact) mass is 370 g/mol. The van der Waals surface area contributed by atoms with Gasteiger partial charge in [-0.1, -0.05) is 22.9 Å². The number of ether oxygens (including phenoxy) is 1. The number of nitrogens with zero attached hydrogens (tertiary/aromatic N) is 2. The number of anilines is 2. The fourth-order valence-electron chi connectivity index (χ4n) is 2.19. The van der Waals surface area contributed by atoms with E-state index >= 15 is 0 Å². The van der Waals surface area contributed by atoms with E-state index in [0.717, 1.165) is 17.4 Å². The van der Waals surface area contributed by atoms with Crippen LogP contribution in [0.25, 0.3) is 0 Å². The molecule has 0 saturated carbocycles. The third-order valence-corrected chi connectivity index (χ3v) is 4.37. The average Bonchev–Trinajstić information content (AvgIpc) is 3.12. The first-order valence-electron chi connectivity index (χ1n) is 6.88. The van der Waals surface area contributed by atoms with Gasteiger partial charge in [-0.2, -0.15) is 0 Å². The van der Waals surface area contributed by atoms with Gasteiger partial charge in [0.15, 0.2) is 5.13 Å². The van der Waals surface area contributed by atoms with Crippen molar-refractivity contribution in [3.05, 3.63) is 40.1 Å². The van der Waals surface area contributed by atoms with Gasteiger partial charge in [-0.15, -0.1) is 0 Å². The maximum atomic E-state index is 14.3. The Hall–Kier alpha value is -2.23. The molecule has 1 aromatic heterocycles. The first-order valence-corrected chi connectivity index (χ1v) is 8.08. The Morgan fingerprint density at radius 3 is 2.96 bits per heavy atom. The molecule has 0 aliphatic carbocycles. The molecule has 3 N–H and O–H groups in total. The first kappa shape index (κ1) is 16.6. The molecule has 1 fully saturated rings. The van der Waals surface area contributed by atoms with Crippen LogP contribution in [0, 0.1) is 5.82 Å². The van der Waals surface area contributed by atoms with E-state index in [4.69, 9.17) is 22.1 Å². The van der Waals surface area contributed by atoms with Crippen LogP contribution in [0.1, 0.15) is 10.4 Å². The van der Waals surface area contributed by atoms with Crippen molar-refractivity contribution in [1.82, 2.24) is 4.98 Å². The minimum Gasteiger partial charge on any atom is -0.443 e. The molecule has 10 heteroatoms. The minimum absolute atomic E-state index is 0.173. The number of benzene rings is 1. The standard InChI is InChI=1S/C14H12ClFN4O3S/c15-11-5-18-13(24-11)19-12(21)9-2-1-7(3-10(9)16)20-6-8(4-17)23-14(20)22/h1-3,5,8H,4,6,17H2,(H,18,19,21)/t8-/m0/s1. The van der Waals surface area contributed by atoms with Gasteiger partial charge < -0.3 is 10.5 Å². The molecule has 1 aliphatic rings. The fraction of sp³-hybridized carbons (Fsp3) is 0.214. The largest absolute Gasteiger partial charge is 0.443 e. The molecule has 1 saturated heterocycles. The molecule has 0 unspecified atom stereocenters. The second-order valence-electron chi connectivity index (χ2n) is 4.94. The first-order chi connectivity index (χ1) is 11.5. The summed E-state index contributed by atoms with van der Waals surface area (Å²) in [6, 6.07) is 3.86. The number of thiazole rings is 1. The smallest absolute Gasteiger partial charge is 0.414 e. The number of cyclic esters (lactones) is 1. The predicted molar refractivity (Wildman–Crippen MR) is 88.1 cm³/mol. The van der Waals surface area contributed by atoms with E-state index in [-0.39, 0.29) is 23.8 Å². The van der Waals surface area contributed by atoms with Gasteiger partial charge in [0.05, 0.1) is 24.0 Å². The van der Waals surface area contributed by atoms with Crippen molar-refractivity contribution in [2.24, 2.45) is 5.73 Å². The lowest BCUT2D eigenvalue weighted by atomic mass is 10.1. The molecule has 1 aliphatic heterocycles. The van der Waals surface area contributed by atoms with Gasteiger partial charge in [-0.25, -0.2) is 14.2 Å². The third-order valence-electron chi connectivity index (χ3n) is 3.34. The van der Waals surface area contributed by atoms with E-state index in [1.165, 1.54) is 23.2 Å². The summed E-state index contributed by atoms with van der Waals surface area (Å²) in [6.45, 7) is 0.416. The summed E-state index contributed by atoms with van der Waals surface area (Å²) in [4.78, 5) is 29.0. The maximum absolute atomic E-state index is 14.3. The summed E-state index contributed by atoms with van der Waals surface area (Å²) in [6.07, 6.45) is 0.353. The quantitative estimate of drug-likeness (QED) is 0.861. The van der Waals surface area contributed by atoms with E-state index < -0.39 is 23.9 Å². The molecule has 1 atom stereocenters. The number of nitrogens with two attached hydrogens (primary N) is 1. The lowest BCUT2D eigenvalue weighted by molar-refractivity contribution is 0.102. The molecule has 126 valence electrons. The summed E-state index contributed by atoms with van der Waals surface area (Å²) < 4.78 is 19.7. The highest BCUT2D eigenvalue weighted by Gasteiger charge is 2.32. The van der Waals surface area contributed by atoms with Crippen LogP contribution < -0.4 is 16.0 Å². The van der Waals surface area contributed by atoms with Crippen molar-refractivity contribution in [3.63, 3.8) is 0 Å². The van der Waals surface area contributed by atoms with Crippen molar-refractivity contribution >= 4 is 45.8 Å². The summed E-state index contributed by atoms with van der Waals surface area (Å²) in [5.41, 5.74) is 5.58. The highest BCUT2D eigenvalue weighted by molar-refractivity contribution is 7.19. The molecule has 2 amide bonds. The Kier molecular flexibility index (Phi) is 4.65. The van der Waals surface area contributed by atoms with Crippen LogP contribution >= 0.6 is 22.9 Å². The van der Waals surface area contributed by atoms with Gasteiger partial charge >= 0.3 is 6.09 Å². The zero-order valence-electron chi connectivity index (χ0n) is 12.2. The van der Waals surface area contributed by atoms with Crippen LogP contribution in [0.2, 0.25) is 4.34 Å². The molecule has 2 heterocycles. The van der Waals surface area contributed by atoms with Gasteiger partial charge in [-0.3, -0.25) is 15.0 Å². The number of hydrogen-bond donors (Lipinski definition) is 2. The van der Waals surface area contributed by atoms with Gasteiger partial charge in [0.2, 0.25) is 0 Å². The van der Waals surface area contributed by atoms with Gasteiger partial charge in [-0.05, 0) is 18.2 Å². The molecule has 3 rings (SSSR count). The summed E-state index contributed by atoms with van der Waals surface area (Å²) in [5, 5.41) is 2.72. The number of rotatable bonds is 4. The van der Waals surface area contributed by atoms with Crippen LogP contribution in [-0.2, 0) is 4.74 Å². The summed E-state index contributed by atoms with van der Waals surface area (Å²) in [7, 11) is 0. The van der Waals surface area contributed by atoms with Crippen molar-refractivity contribution in [2.75, 3.05) is 23.3 Å². The van der Waals surface area contributed by atoms with E-state index in [1.54, 1.807) is 0 Å². The zero-order chi connectivity index (χ0) is 17.3. The molecule has 0 radical (unpaired) electrons. The van der Waals surface area contributed by atoms with Gasteiger partial charge in [0, 0.05) is 6.54 Å². The Bertz CT molecular complexity index is 800. The normalized spacial score (nSPS) is 17.0. The Labute approximate surface area is 145 Å². The lowest BCUT2D eigenvalue weighted by Crippen LogP contribution is -2.27. The molecule has 2 aromatic rings. The van der Waals surface area contributed by atoms with E-state index in [2.05, 4.69) is 10.3 Å². The van der Waals surface area contributed by atoms with Crippen molar-refractivity contribution in [3.8, 4) is 0 Å². The highest BCUT2D eigenvalue weighted by atomic mass is 35.5. The Morgan fingerprint density at radius 1 is 1.58 bits per heavy atom. The van der Waals surface area contributed by atoms with Crippen LogP contribution in [-0.4, -0.2) is 36.2 Å². The van der Waals surface area contributed by atoms with Gasteiger partial charge in [0.1, 0.15) is 16.3 Å². The second kappa shape index (κ2) is 6.71. The topological polar surface area (TPSA) is 97.5 Å². The average molecular weight is 371 g/mol. The number of carbonyl (C=O) groups is 2. The SMILES string of the molecule is NC[C@H]1CN(c2ccc(C(=O)Nc3ncc(Cl)s3)c(F)c2)C(=O)O1. The highest BCUT2D eigenvalue weighted by Crippen LogP contribution is 2.26. The zero-order valence-corrected chi connectivity index (χ0v) is 13.7. The van der Waals surface area contributed by atoms with Crippen molar-refractivity contribution in [1.29, 1.82) is 0 Å². The number of nitrogens with one attached hydrogen (secondary N) is 1. The molecular weight excluding hydrogens is 359 g/mol. The summed E-state index contributed by atoms with van der Waals surface area (Å²) >= 11 is 6.79. The molecule has 24 heavy (non-hydrogen) atoms. The van der Waals surface area contributed by atoms with Crippen LogP contribution in [0.4, 0.5) is 20.0 Å². The van der Waals surface area contributed by atoms with E-state index in [0.29, 0.717) is 10.0 Å². The number of hydrogen-bond acceptors (Lipinski definition) is 6. The predicted octanol–water partition coefficient (Wildman–Crippen LogP) is 2.47. The van der Waals surface area contributed by atoms with E-state index in [9.17, 15) is 14.0 Å². The Morgan fingerprint density at radius 2 is 2.38 bits per heavy atom. The second-order valence-corrected chi connectivity index (χ2v) is 6.60. The van der Waals surface area contributed by atoms with Crippen LogP contribution in [0.5, 0.6) is 0 Å². The lowest BCUT2D eigenvalue weighted by Gasteiger charge is -2.14. The summed E-state index contributed by atoms with van der Waals surface area (Å²) in [5.74, 6) is -1.43. The maximum Gasteiger partial charge on any atom is 0.414 e. The Balaban J connectivity index is 1.77. The molecule has 1 aromatic carbocycles. The van der Waals surface area contributed by atoms with Crippen molar-refractivity contribution in [2.45, 2.75) is 6.10 Å². The number of amides is 2. The van der Waals surface area contributed by atoms with Crippen LogP contribution in [0.15, 0.2) is 24.4 Å². The minimum atomic E-state index is -0.767. The fourth-order valence-corrected chi connectivity index (χ4v) is 3.00. The van der Waals surface area contributed by atoms with Crippen LogP contribution in [0.3, 0.4) is 0 Å². The molecular formula is C14H12ClFN4O3S. The molecule has 0 spiro atoms. The number of carbonyl (C=O) groups excluding carboxylic acids is 2.